The molecule has 0 spiro atoms. The van der Waals surface area contributed by atoms with Crippen LogP contribution in [0, 0.1) is 17.8 Å². The molecule has 1 aliphatic carbocycles. The first-order chi connectivity index (χ1) is 9.43. The minimum atomic E-state index is -2.97. The van der Waals surface area contributed by atoms with Gasteiger partial charge in [-0.25, -0.2) is 0 Å². The first-order valence-electron chi connectivity index (χ1n) is 7.23. The largest absolute Gasteiger partial charge is 0.365 e. The standard InChI is InChI=1S/C15H20F2O3/c1-13-9-19-14(11-18-13,20-10-13)8-12-6-4-2-3-5-7-15(12,16)17/h12H,2-4,6,8-11H2,1H3. The maximum absolute atomic E-state index is 14.1. The molecule has 0 aromatic rings. The van der Waals surface area contributed by atoms with E-state index in [9.17, 15) is 8.78 Å². The number of hydrogen-bond acceptors (Lipinski definition) is 3. The van der Waals surface area contributed by atoms with Crippen LogP contribution in [0.3, 0.4) is 0 Å². The van der Waals surface area contributed by atoms with Crippen molar-refractivity contribution >= 4 is 0 Å². The summed E-state index contributed by atoms with van der Waals surface area (Å²) in [6.45, 7) is 2.93. The zero-order valence-corrected chi connectivity index (χ0v) is 11.7. The van der Waals surface area contributed by atoms with E-state index in [1.54, 1.807) is 0 Å². The summed E-state index contributed by atoms with van der Waals surface area (Å²) in [4.78, 5) is 0. The number of alkyl halides is 2. The van der Waals surface area contributed by atoms with Crippen molar-refractivity contribution in [3.05, 3.63) is 0 Å². The van der Waals surface area contributed by atoms with Crippen LogP contribution in [0.5, 0.6) is 0 Å². The first-order valence-corrected chi connectivity index (χ1v) is 7.23. The van der Waals surface area contributed by atoms with Gasteiger partial charge in [0.25, 0.3) is 0 Å². The molecule has 0 radical (unpaired) electrons. The van der Waals surface area contributed by atoms with Gasteiger partial charge in [-0.3, -0.25) is 0 Å². The molecule has 3 aliphatic heterocycles. The minimum absolute atomic E-state index is 0.144. The highest BCUT2D eigenvalue weighted by Gasteiger charge is 2.53. The molecular formula is C15H20F2O3. The summed E-state index contributed by atoms with van der Waals surface area (Å²) in [7, 11) is 0. The van der Waals surface area contributed by atoms with Crippen LogP contribution in [0.4, 0.5) is 8.78 Å². The van der Waals surface area contributed by atoms with E-state index in [1.165, 1.54) is 0 Å². The predicted molar refractivity (Wildman–Crippen MR) is 68.3 cm³/mol. The lowest BCUT2D eigenvalue weighted by atomic mass is 9.85. The second-order valence-electron chi connectivity index (χ2n) is 6.30. The number of halogens is 2. The van der Waals surface area contributed by atoms with Crippen LogP contribution in [0.1, 0.15) is 39.0 Å². The van der Waals surface area contributed by atoms with Crippen LogP contribution in [0.25, 0.3) is 0 Å². The number of hydrogen-bond donors (Lipinski definition) is 0. The predicted octanol–water partition coefficient (Wildman–Crippen LogP) is 2.74. The average Bonchev–Trinajstić information content (AvgIpc) is 2.41. The van der Waals surface area contributed by atoms with Crippen molar-refractivity contribution in [2.45, 2.75) is 56.3 Å². The van der Waals surface area contributed by atoms with Crippen molar-refractivity contribution in [2.75, 3.05) is 19.8 Å². The quantitative estimate of drug-likeness (QED) is 0.731. The Morgan fingerprint density at radius 1 is 1.10 bits per heavy atom. The Morgan fingerprint density at radius 2 is 1.85 bits per heavy atom. The van der Waals surface area contributed by atoms with Gasteiger partial charge in [0, 0.05) is 18.8 Å². The number of rotatable bonds is 2. The summed E-state index contributed by atoms with van der Waals surface area (Å²) < 4.78 is 45.4. The van der Waals surface area contributed by atoms with Gasteiger partial charge in [-0.2, -0.15) is 8.78 Å². The van der Waals surface area contributed by atoms with Crippen molar-refractivity contribution in [3.8, 4) is 11.8 Å². The van der Waals surface area contributed by atoms with Gasteiger partial charge in [0.1, 0.15) is 12.2 Å². The van der Waals surface area contributed by atoms with Crippen molar-refractivity contribution in [1.29, 1.82) is 0 Å². The molecule has 4 aliphatic rings. The molecule has 0 amide bonds. The fraction of sp³-hybridized carbons (Fsp3) is 0.867. The van der Waals surface area contributed by atoms with Crippen LogP contribution in [0.2, 0.25) is 0 Å². The summed E-state index contributed by atoms with van der Waals surface area (Å²) in [5.74, 6) is -0.106. The Balaban J connectivity index is 1.73. The molecule has 3 fully saturated rings. The summed E-state index contributed by atoms with van der Waals surface area (Å²) in [5, 5.41) is 0. The lowest BCUT2D eigenvalue weighted by molar-refractivity contribution is -0.399. The lowest BCUT2D eigenvalue weighted by Crippen LogP contribution is -2.63. The van der Waals surface area contributed by atoms with E-state index in [4.69, 9.17) is 14.2 Å². The van der Waals surface area contributed by atoms with Crippen molar-refractivity contribution in [3.63, 3.8) is 0 Å². The molecule has 5 heteroatoms. The first kappa shape index (κ1) is 14.2. The van der Waals surface area contributed by atoms with Gasteiger partial charge in [0.15, 0.2) is 5.79 Å². The Hall–Kier alpha value is -0.700. The van der Waals surface area contributed by atoms with Crippen LogP contribution in [-0.2, 0) is 14.2 Å². The molecule has 1 unspecified atom stereocenters. The second kappa shape index (κ2) is 4.94. The Labute approximate surface area is 118 Å². The summed E-state index contributed by atoms with van der Waals surface area (Å²) >= 11 is 0. The van der Waals surface area contributed by atoms with E-state index in [-0.39, 0.29) is 13.0 Å². The van der Waals surface area contributed by atoms with Gasteiger partial charge in [-0.05, 0) is 25.7 Å². The molecule has 0 N–H and O–H groups in total. The lowest BCUT2D eigenvalue weighted by Gasteiger charge is -2.52. The van der Waals surface area contributed by atoms with E-state index < -0.39 is 23.2 Å². The van der Waals surface area contributed by atoms with Crippen molar-refractivity contribution in [1.82, 2.24) is 0 Å². The normalized spacial score (nSPS) is 43.2. The Morgan fingerprint density at radius 3 is 2.50 bits per heavy atom. The molecule has 0 saturated carbocycles. The molecule has 0 aromatic carbocycles. The fourth-order valence-corrected chi connectivity index (χ4v) is 2.95. The highest BCUT2D eigenvalue weighted by molar-refractivity contribution is 5.13. The maximum Gasteiger partial charge on any atom is 0.311 e. The van der Waals surface area contributed by atoms with E-state index in [2.05, 4.69) is 11.8 Å². The Kier molecular flexibility index (Phi) is 3.52. The van der Waals surface area contributed by atoms with Gasteiger partial charge in [-0.1, -0.05) is 12.3 Å². The maximum atomic E-state index is 14.1. The van der Waals surface area contributed by atoms with Gasteiger partial charge < -0.3 is 14.2 Å². The second-order valence-corrected chi connectivity index (χ2v) is 6.30. The molecule has 1 atom stereocenters. The highest BCUT2D eigenvalue weighted by Crippen LogP contribution is 2.42. The van der Waals surface area contributed by atoms with Gasteiger partial charge in [-0.15, -0.1) is 0 Å². The monoisotopic (exact) mass is 286 g/mol. The molecule has 20 heavy (non-hydrogen) atoms. The minimum Gasteiger partial charge on any atom is -0.365 e. The summed E-state index contributed by atoms with van der Waals surface area (Å²) in [6.07, 6.45) is 2.80. The van der Waals surface area contributed by atoms with Crippen molar-refractivity contribution < 1.29 is 23.0 Å². The molecule has 112 valence electrons. The highest BCUT2D eigenvalue weighted by atomic mass is 19.3. The SMILES string of the molecule is CC12COC(CC3CCCCC#CC3(F)F)(CO1)OC2. The van der Waals surface area contributed by atoms with Gasteiger partial charge in [0.2, 0.25) is 0 Å². The zero-order chi connectivity index (χ0) is 14.3. The van der Waals surface area contributed by atoms with Crippen LogP contribution >= 0.6 is 0 Å². The van der Waals surface area contributed by atoms with Gasteiger partial charge in [0.05, 0.1) is 13.2 Å². The molecule has 2 bridgehead atoms. The molecule has 3 heterocycles. The van der Waals surface area contributed by atoms with E-state index in [0.29, 0.717) is 26.1 Å². The third kappa shape index (κ3) is 2.69. The third-order valence-corrected chi connectivity index (χ3v) is 4.35. The number of ether oxygens (including phenoxy) is 3. The topological polar surface area (TPSA) is 27.7 Å². The summed E-state index contributed by atoms with van der Waals surface area (Å²) in [6, 6.07) is 0. The number of fused-ring (bicyclic) bond motifs is 3. The smallest absolute Gasteiger partial charge is 0.311 e. The zero-order valence-electron chi connectivity index (χ0n) is 11.7. The van der Waals surface area contributed by atoms with E-state index in [0.717, 1.165) is 12.8 Å². The molecule has 3 nitrogen and oxygen atoms in total. The average molecular weight is 286 g/mol. The van der Waals surface area contributed by atoms with E-state index in [1.807, 2.05) is 6.92 Å². The molecule has 3 saturated heterocycles. The molecular weight excluding hydrogens is 266 g/mol. The molecule has 4 rings (SSSR count). The van der Waals surface area contributed by atoms with E-state index >= 15 is 0 Å². The fourth-order valence-electron chi connectivity index (χ4n) is 2.95. The van der Waals surface area contributed by atoms with Crippen LogP contribution in [0.15, 0.2) is 0 Å². The molecule has 0 aromatic heterocycles. The Bertz CT molecular complexity index is 414. The van der Waals surface area contributed by atoms with Crippen LogP contribution < -0.4 is 0 Å². The van der Waals surface area contributed by atoms with Crippen LogP contribution in [-0.4, -0.2) is 37.1 Å². The third-order valence-electron chi connectivity index (χ3n) is 4.35. The van der Waals surface area contributed by atoms with Crippen molar-refractivity contribution in [2.24, 2.45) is 5.92 Å². The summed E-state index contributed by atoms with van der Waals surface area (Å²) in [5.41, 5.74) is -0.426. The van der Waals surface area contributed by atoms with Gasteiger partial charge >= 0.3 is 5.92 Å².